The van der Waals surface area contributed by atoms with Crippen molar-refractivity contribution in [1.82, 2.24) is 10.5 Å². The molecular weight excluding hydrogens is 444 g/mol. The van der Waals surface area contributed by atoms with Crippen molar-refractivity contribution in [2.45, 2.75) is 18.9 Å². The van der Waals surface area contributed by atoms with Crippen LogP contribution in [0.5, 0.6) is 23.0 Å². The highest BCUT2D eigenvalue weighted by Crippen LogP contribution is 2.43. The van der Waals surface area contributed by atoms with Crippen LogP contribution in [0.25, 0.3) is 11.3 Å². The van der Waals surface area contributed by atoms with E-state index in [2.05, 4.69) is 17.1 Å². The van der Waals surface area contributed by atoms with Crippen LogP contribution in [0.4, 0.5) is 5.69 Å². The van der Waals surface area contributed by atoms with E-state index in [1.54, 1.807) is 0 Å². The zero-order valence-electron chi connectivity index (χ0n) is 17.9. The molecule has 34 heavy (non-hydrogen) atoms. The molecular formula is C23H22N4O7. The molecule has 1 saturated carbocycles. The fourth-order valence-electron chi connectivity index (χ4n) is 3.74. The second-order valence-electron chi connectivity index (χ2n) is 7.89. The number of aromatic nitrogens is 1. The Morgan fingerprint density at radius 2 is 2.06 bits per heavy atom. The molecule has 1 fully saturated rings. The smallest absolute Gasteiger partial charge is 0.273 e. The molecule has 11 heteroatoms. The molecule has 1 amide bonds. The van der Waals surface area contributed by atoms with Crippen molar-refractivity contribution in [2.75, 3.05) is 6.54 Å². The van der Waals surface area contributed by atoms with Crippen molar-refractivity contribution in [1.29, 1.82) is 0 Å². The highest BCUT2D eigenvalue weighted by Gasteiger charge is 2.32. The number of carbonyl (C=O) groups excluding carboxylic acids is 1. The van der Waals surface area contributed by atoms with E-state index >= 15 is 0 Å². The first-order chi connectivity index (χ1) is 16.3. The van der Waals surface area contributed by atoms with E-state index in [1.165, 1.54) is 36.4 Å². The minimum atomic E-state index is -0.549. The zero-order valence-corrected chi connectivity index (χ0v) is 17.9. The molecule has 0 saturated heterocycles. The molecule has 0 aliphatic heterocycles. The van der Waals surface area contributed by atoms with Gasteiger partial charge in [-0.05, 0) is 25.0 Å². The maximum absolute atomic E-state index is 12.7. The molecule has 1 heterocycles. The fraction of sp³-hybridized carbons (Fsp3) is 0.217. The summed E-state index contributed by atoms with van der Waals surface area (Å²) in [5, 5.41) is 37.9. The Labute approximate surface area is 193 Å². The van der Waals surface area contributed by atoms with Crippen LogP contribution in [0.1, 0.15) is 23.3 Å². The number of carbonyl (C=O) groups is 1. The summed E-state index contributed by atoms with van der Waals surface area (Å²) in [5.41, 5.74) is 6.72. The normalized spacial score (nSPS) is 15.9. The molecule has 1 aromatic heterocycles. The number of nitro benzene ring substituents is 1. The number of nitro groups is 1. The Balaban J connectivity index is 1.59. The van der Waals surface area contributed by atoms with Crippen LogP contribution >= 0.6 is 0 Å². The van der Waals surface area contributed by atoms with Gasteiger partial charge in [0.2, 0.25) is 0 Å². The van der Waals surface area contributed by atoms with Gasteiger partial charge in [-0.2, -0.15) is 0 Å². The summed E-state index contributed by atoms with van der Waals surface area (Å²) < 4.78 is 11.0. The number of hydrogen-bond acceptors (Lipinski definition) is 9. The van der Waals surface area contributed by atoms with Crippen LogP contribution < -0.4 is 15.8 Å². The highest BCUT2D eigenvalue weighted by atomic mass is 16.6. The lowest BCUT2D eigenvalue weighted by Gasteiger charge is -2.35. The minimum Gasteiger partial charge on any atom is -0.508 e. The molecule has 1 aliphatic rings. The third-order valence-electron chi connectivity index (χ3n) is 5.69. The number of aromatic hydroxyl groups is 2. The van der Waals surface area contributed by atoms with Crippen LogP contribution in [-0.4, -0.2) is 38.8 Å². The summed E-state index contributed by atoms with van der Waals surface area (Å²) in [5.74, 6) is -0.852. The van der Waals surface area contributed by atoms with E-state index in [1.807, 2.05) is 0 Å². The summed E-state index contributed by atoms with van der Waals surface area (Å²) >= 11 is 0. The van der Waals surface area contributed by atoms with Gasteiger partial charge >= 0.3 is 0 Å². The Morgan fingerprint density at radius 3 is 2.65 bits per heavy atom. The molecule has 3 aromatic rings. The Morgan fingerprint density at radius 1 is 1.32 bits per heavy atom. The van der Waals surface area contributed by atoms with Crippen molar-refractivity contribution in [3.63, 3.8) is 0 Å². The lowest BCUT2D eigenvalue weighted by Crippen LogP contribution is -2.48. The summed E-state index contributed by atoms with van der Waals surface area (Å²) in [4.78, 5) is 23.0. The summed E-state index contributed by atoms with van der Waals surface area (Å²) in [6.07, 6.45) is 1.80. The maximum atomic E-state index is 12.7. The van der Waals surface area contributed by atoms with Gasteiger partial charge in [-0.25, -0.2) is 0 Å². The molecule has 2 unspecified atom stereocenters. The van der Waals surface area contributed by atoms with Crippen LogP contribution in [0.3, 0.4) is 0 Å². The van der Waals surface area contributed by atoms with Gasteiger partial charge in [-0.15, -0.1) is 0 Å². The second-order valence-corrected chi connectivity index (χ2v) is 7.89. The van der Waals surface area contributed by atoms with E-state index in [0.29, 0.717) is 0 Å². The third-order valence-corrected chi connectivity index (χ3v) is 5.69. The number of phenolic OH excluding ortho intramolecular Hbond substituents is 2. The quantitative estimate of drug-likeness (QED) is 0.220. The molecule has 2 atom stereocenters. The molecule has 0 spiro atoms. The molecule has 1 aliphatic carbocycles. The van der Waals surface area contributed by atoms with Gasteiger partial charge in [-0.1, -0.05) is 17.3 Å². The van der Waals surface area contributed by atoms with E-state index in [0.717, 1.165) is 24.5 Å². The number of nitrogens with two attached hydrogens (primary N) is 1. The molecule has 0 bridgehead atoms. The monoisotopic (exact) mass is 466 g/mol. The molecule has 11 nitrogen and oxygen atoms in total. The topological polar surface area (TPSA) is 174 Å². The van der Waals surface area contributed by atoms with Crippen LogP contribution in [0, 0.1) is 16.0 Å². The van der Waals surface area contributed by atoms with Gasteiger partial charge in [0.15, 0.2) is 11.5 Å². The van der Waals surface area contributed by atoms with E-state index < -0.39 is 10.8 Å². The number of nitrogens with one attached hydrogen (secondary N) is 1. The zero-order chi connectivity index (χ0) is 24.4. The predicted octanol–water partition coefficient (Wildman–Crippen LogP) is 3.48. The number of amides is 1. The van der Waals surface area contributed by atoms with Crippen LogP contribution in [0.15, 0.2) is 59.1 Å². The average molecular weight is 466 g/mol. The molecule has 4 rings (SSSR count). The predicted molar refractivity (Wildman–Crippen MR) is 121 cm³/mol. The van der Waals surface area contributed by atoms with Gasteiger partial charge in [0.05, 0.1) is 4.92 Å². The van der Waals surface area contributed by atoms with Gasteiger partial charge in [0.1, 0.15) is 28.6 Å². The van der Waals surface area contributed by atoms with Gasteiger partial charge in [0, 0.05) is 48.8 Å². The maximum Gasteiger partial charge on any atom is 0.273 e. The number of rotatable bonds is 8. The number of ether oxygens (including phenoxy) is 1. The van der Waals surface area contributed by atoms with E-state index in [-0.39, 0.29) is 64.2 Å². The number of phenols is 2. The largest absolute Gasteiger partial charge is 0.508 e. The van der Waals surface area contributed by atoms with Crippen molar-refractivity contribution in [2.24, 2.45) is 11.7 Å². The van der Waals surface area contributed by atoms with Crippen molar-refractivity contribution >= 4 is 11.6 Å². The lowest BCUT2D eigenvalue weighted by atomic mass is 9.75. The van der Waals surface area contributed by atoms with Gasteiger partial charge < -0.3 is 30.5 Å². The van der Waals surface area contributed by atoms with Gasteiger partial charge in [-0.3, -0.25) is 14.9 Å². The standard InChI is InChI=1S/C23H22N4O7/c1-12-2-7-16(12)18(11-24)25-23(30)17-10-21(34-26-17)22-19(29)8-14(28)9-20(22)33-15-5-3-13(4-6-15)27(31)32/h3-6,8-10,16,18,28-29H,1-2,7,11,24H2,(H,25,30). The molecule has 5 N–H and O–H groups in total. The van der Waals surface area contributed by atoms with Crippen LogP contribution in [-0.2, 0) is 0 Å². The Hall–Kier alpha value is -4.38. The highest BCUT2D eigenvalue weighted by molar-refractivity contribution is 5.93. The summed E-state index contributed by atoms with van der Waals surface area (Å²) in [6, 6.07) is 8.58. The third kappa shape index (κ3) is 4.55. The minimum absolute atomic E-state index is 0.0110. The molecule has 176 valence electrons. The first kappa shape index (κ1) is 22.8. The number of non-ortho nitro benzene ring substituents is 1. The van der Waals surface area contributed by atoms with Crippen molar-refractivity contribution < 1.29 is 29.2 Å². The van der Waals surface area contributed by atoms with Crippen molar-refractivity contribution in [3.8, 4) is 34.3 Å². The summed E-state index contributed by atoms with van der Waals surface area (Å²) in [6.45, 7) is 4.21. The SMILES string of the molecule is C=C1CCC1C(CN)NC(=O)c1cc(-c2c(O)cc(O)cc2Oc2ccc([N+](=O)[O-])cc2)on1. The summed E-state index contributed by atoms with van der Waals surface area (Å²) in [7, 11) is 0. The number of nitrogens with zero attached hydrogens (tertiary/aromatic N) is 2. The van der Waals surface area contributed by atoms with Crippen molar-refractivity contribution in [3.05, 3.63) is 70.4 Å². The van der Waals surface area contributed by atoms with Crippen LogP contribution in [0.2, 0.25) is 0 Å². The first-order valence-corrected chi connectivity index (χ1v) is 10.4. The molecule has 0 radical (unpaired) electrons. The average Bonchev–Trinajstić information content (AvgIpc) is 3.27. The Kier molecular flexibility index (Phi) is 6.19. The van der Waals surface area contributed by atoms with E-state index in [9.17, 15) is 25.1 Å². The Bertz CT molecular complexity index is 1250. The first-order valence-electron chi connectivity index (χ1n) is 10.4. The van der Waals surface area contributed by atoms with Gasteiger partial charge in [0.25, 0.3) is 11.6 Å². The number of hydrogen-bond donors (Lipinski definition) is 4. The number of benzene rings is 2. The molecule has 2 aromatic carbocycles. The second kappa shape index (κ2) is 9.24. The fourth-order valence-corrected chi connectivity index (χ4v) is 3.74. The van der Waals surface area contributed by atoms with E-state index in [4.69, 9.17) is 15.0 Å². The lowest BCUT2D eigenvalue weighted by molar-refractivity contribution is -0.384.